The summed E-state index contributed by atoms with van der Waals surface area (Å²) in [6, 6.07) is -2.11. The number of carbonyl (C=O) groups is 4. The molecule has 13 heteroatoms. The minimum absolute atomic E-state index is 0.113. The van der Waals surface area contributed by atoms with Crippen LogP contribution in [-0.2, 0) is 28.8 Å². The monoisotopic (exact) mass is 431 g/mol. The molecule has 152 valence electrons. The van der Waals surface area contributed by atoms with Gasteiger partial charge in [-0.1, -0.05) is 5.16 Å². The molecule has 11 nitrogen and oxygen atoms in total. The van der Waals surface area contributed by atoms with Crippen molar-refractivity contribution in [3.63, 3.8) is 0 Å². The Morgan fingerprint density at radius 2 is 2.14 bits per heavy atom. The van der Waals surface area contributed by atoms with E-state index in [0.29, 0.717) is 0 Å². The van der Waals surface area contributed by atoms with Crippen molar-refractivity contribution >= 4 is 57.5 Å². The number of carbonyl (C=O) groups excluding carboxylic acids is 4. The van der Waals surface area contributed by atoms with Crippen molar-refractivity contribution in [2.24, 2.45) is 5.16 Å². The molecule has 0 saturated carbocycles. The van der Waals surface area contributed by atoms with Gasteiger partial charge in [-0.05, 0) is 13.8 Å². The molecule has 1 aliphatic heterocycles. The zero-order chi connectivity index (χ0) is 20.8. The van der Waals surface area contributed by atoms with Crippen LogP contribution in [0.4, 0.5) is 5.13 Å². The minimum atomic E-state index is -1.11. The molecule has 2 atom stereocenters. The molecular weight excluding hydrogens is 414 g/mol. The maximum absolute atomic E-state index is 12.7. The number of alkyl halides is 1. The number of amides is 3. The van der Waals surface area contributed by atoms with Crippen LogP contribution in [-0.4, -0.2) is 65.6 Å². The smallest absolute Gasteiger partial charge is 0.331 e. The average Bonchev–Trinajstić information content (AvgIpc) is 3.11. The number of aromatic nitrogens is 1. The van der Waals surface area contributed by atoms with Gasteiger partial charge in [-0.3, -0.25) is 14.4 Å². The van der Waals surface area contributed by atoms with Crippen molar-refractivity contribution in [1.82, 2.24) is 15.6 Å². The number of ether oxygens (including phenoxy) is 1. The summed E-state index contributed by atoms with van der Waals surface area (Å²) in [6.07, 6.45) is -0.327. The van der Waals surface area contributed by atoms with E-state index in [9.17, 15) is 19.2 Å². The Hall–Kier alpha value is -2.73. The summed E-state index contributed by atoms with van der Waals surface area (Å²) in [6.45, 7) is 3.41. The molecule has 0 aromatic carbocycles. The number of nitrogens with one attached hydrogen (secondary N) is 3. The van der Waals surface area contributed by atoms with Crippen LogP contribution in [0.15, 0.2) is 10.5 Å². The molecule has 1 saturated heterocycles. The normalized spacial score (nSPS) is 18.8. The molecule has 2 rings (SSSR count). The standard InChI is InChI=1S/C15H18ClN5O6S/c1-6(2)27-21-9(7-5-28-15(17-7)18-8(22)4-16)12(23)19-10-11(14(25)26-3)20-13(10)24/h5-6,10-11H,4H2,1-3H3,(H,19,23)(H,20,24)(H,17,18,22)/t10-,11-/m1/s1. The van der Waals surface area contributed by atoms with Crippen LogP contribution in [0.1, 0.15) is 19.5 Å². The second-order valence-corrected chi connectivity index (χ2v) is 6.90. The summed E-state index contributed by atoms with van der Waals surface area (Å²) < 4.78 is 4.57. The Morgan fingerprint density at radius 1 is 1.43 bits per heavy atom. The lowest BCUT2D eigenvalue weighted by Gasteiger charge is -2.34. The van der Waals surface area contributed by atoms with E-state index in [1.165, 1.54) is 12.5 Å². The van der Waals surface area contributed by atoms with E-state index in [4.69, 9.17) is 16.4 Å². The fourth-order valence-electron chi connectivity index (χ4n) is 2.02. The molecule has 2 heterocycles. The third kappa shape index (κ3) is 5.16. The number of anilines is 1. The molecule has 1 aliphatic rings. The summed E-state index contributed by atoms with van der Waals surface area (Å²) in [5.41, 5.74) is -0.109. The zero-order valence-corrected chi connectivity index (χ0v) is 16.7. The fourth-order valence-corrected chi connectivity index (χ4v) is 2.80. The van der Waals surface area contributed by atoms with Crippen molar-refractivity contribution < 1.29 is 28.8 Å². The molecule has 0 unspecified atom stereocenters. The number of hydrogen-bond donors (Lipinski definition) is 3. The third-order valence-electron chi connectivity index (χ3n) is 3.34. The molecule has 1 fully saturated rings. The molecule has 0 bridgehead atoms. The van der Waals surface area contributed by atoms with E-state index < -0.39 is 35.8 Å². The Kier molecular flexibility index (Phi) is 7.29. The number of nitrogens with zero attached hydrogens (tertiary/aromatic N) is 2. The van der Waals surface area contributed by atoms with Gasteiger partial charge in [0.15, 0.2) is 16.9 Å². The first-order valence-corrected chi connectivity index (χ1v) is 9.42. The summed E-state index contributed by atoms with van der Waals surface area (Å²) in [5, 5.41) is 12.7. The highest BCUT2D eigenvalue weighted by Gasteiger charge is 2.46. The highest BCUT2D eigenvalue weighted by Crippen LogP contribution is 2.17. The van der Waals surface area contributed by atoms with Crippen molar-refractivity contribution in [2.75, 3.05) is 18.3 Å². The maximum Gasteiger partial charge on any atom is 0.331 e. The van der Waals surface area contributed by atoms with E-state index in [1.54, 1.807) is 13.8 Å². The van der Waals surface area contributed by atoms with E-state index in [1.807, 2.05) is 0 Å². The number of β-lactam (4-membered cyclic amide) rings is 1. The van der Waals surface area contributed by atoms with Crippen molar-refractivity contribution in [3.05, 3.63) is 11.1 Å². The second kappa shape index (κ2) is 9.46. The van der Waals surface area contributed by atoms with E-state index in [-0.39, 0.29) is 28.5 Å². The van der Waals surface area contributed by atoms with Crippen LogP contribution in [0.25, 0.3) is 0 Å². The topological polar surface area (TPSA) is 148 Å². The Morgan fingerprint density at radius 3 is 2.71 bits per heavy atom. The largest absolute Gasteiger partial charge is 0.467 e. The Balaban J connectivity index is 2.20. The van der Waals surface area contributed by atoms with Gasteiger partial charge in [0.05, 0.1) is 7.11 Å². The predicted molar refractivity (Wildman–Crippen MR) is 100 cm³/mol. The molecule has 0 radical (unpaired) electrons. The number of esters is 1. The predicted octanol–water partition coefficient (Wildman–Crippen LogP) is -0.394. The maximum atomic E-state index is 12.7. The number of oxime groups is 1. The Labute approximate surface area is 168 Å². The first kappa shape index (κ1) is 21.6. The highest BCUT2D eigenvalue weighted by molar-refractivity contribution is 7.14. The number of thiazole rings is 1. The van der Waals surface area contributed by atoms with Gasteiger partial charge in [0, 0.05) is 5.38 Å². The van der Waals surface area contributed by atoms with Crippen molar-refractivity contribution in [1.29, 1.82) is 0 Å². The van der Waals surface area contributed by atoms with Gasteiger partial charge >= 0.3 is 5.97 Å². The average molecular weight is 432 g/mol. The van der Waals surface area contributed by atoms with Gasteiger partial charge in [-0.25, -0.2) is 9.78 Å². The van der Waals surface area contributed by atoms with Gasteiger partial charge in [0.1, 0.15) is 23.7 Å². The zero-order valence-electron chi connectivity index (χ0n) is 15.1. The third-order valence-corrected chi connectivity index (χ3v) is 4.34. The first-order chi connectivity index (χ1) is 13.3. The lowest BCUT2D eigenvalue weighted by atomic mass is 9.99. The second-order valence-electron chi connectivity index (χ2n) is 5.77. The highest BCUT2D eigenvalue weighted by atomic mass is 35.5. The molecule has 1 aromatic rings. The van der Waals surface area contributed by atoms with Crippen LogP contribution in [0.3, 0.4) is 0 Å². The SMILES string of the molecule is COC(=O)[C@@H]1NC(=O)[C@@H]1NC(=O)C(=NOC(C)C)c1csc(NC(=O)CCl)n1. The van der Waals surface area contributed by atoms with Gasteiger partial charge in [0.2, 0.25) is 11.8 Å². The van der Waals surface area contributed by atoms with E-state index in [0.717, 1.165) is 11.3 Å². The van der Waals surface area contributed by atoms with Crippen molar-refractivity contribution in [3.8, 4) is 0 Å². The minimum Gasteiger partial charge on any atom is -0.467 e. The Bertz CT molecular complexity index is 811. The molecule has 3 amide bonds. The number of rotatable bonds is 8. The number of hydrogen-bond acceptors (Lipinski definition) is 9. The van der Waals surface area contributed by atoms with Crippen molar-refractivity contribution in [2.45, 2.75) is 32.0 Å². The summed E-state index contributed by atoms with van der Waals surface area (Å²) in [4.78, 5) is 56.6. The number of methoxy groups -OCH3 is 1. The molecule has 0 aliphatic carbocycles. The quantitative estimate of drug-likeness (QED) is 0.167. The number of halogens is 1. The van der Waals surface area contributed by atoms with Crippen LogP contribution < -0.4 is 16.0 Å². The lowest BCUT2D eigenvalue weighted by molar-refractivity contribution is -0.153. The molecule has 28 heavy (non-hydrogen) atoms. The van der Waals surface area contributed by atoms with E-state index >= 15 is 0 Å². The first-order valence-electron chi connectivity index (χ1n) is 8.01. The summed E-state index contributed by atoms with van der Waals surface area (Å²) in [5.74, 6) is -2.73. The van der Waals surface area contributed by atoms with Crippen LogP contribution >= 0.6 is 22.9 Å². The molecule has 3 N–H and O–H groups in total. The van der Waals surface area contributed by atoms with Crippen LogP contribution in [0.2, 0.25) is 0 Å². The van der Waals surface area contributed by atoms with Gasteiger partial charge in [-0.15, -0.1) is 22.9 Å². The summed E-state index contributed by atoms with van der Waals surface area (Å²) >= 11 is 6.48. The lowest BCUT2D eigenvalue weighted by Crippen LogP contribution is -2.72. The van der Waals surface area contributed by atoms with E-state index in [2.05, 4.69) is 30.8 Å². The van der Waals surface area contributed by atoms with Crippen LogP contribution in [0, 0.1) is 0 Å². The molecule has 1 aromatic heterocycles. The van der Waals surface area contributed by atoms with Gasteiger partial charge in [0.25, 0.3) is 5.91 Å². The fraction of sp³-hybridized carbons (Fsp3) is 0.467. The van der Waals surface area contributed by atoms with Crippen LogP contribution in [0.5, 0.6) is 0 Å². The van der Waals surface area contributed by atoms with Gasteiger partial charge in [-0.2, -0.15) is 0 Å². The molecule has 0 spiro atoms. The summed E-state index contributed by atoms with van der Waals surface area (Å²) in [7, 11) is 1.17. The van der Waals surface area contributed by atoms with Gasteiger partial charge < -0.3 is 25.5 Å². The molecular formula is C15H18ClN5O6S.